The predicted octanol–water partition coefficient (Wildman–Crippen LogP) is 0.267. The molecule has 0 aromatic rings. The van der Waals surface area contributed by atoms with E-state index in [0.29, 0.717) is 0 Å². The fourth-order valence-corrected chi connectivity index (χ4v) is 1.07. The molecule has 154 valence electrons. The number of hydrogen-bond acceptors (Lipinski definition) is 0. The largest absolute Gasteiger partial charge is 0.358 e. The second kappa shape index (κ2) is 28.6. The van der Waals surface area contributed by atoms with Gasteiger partial charge in [-0.25, -0.2) is 5.92 Å². The first-order chi connectivity index (χ1) is 18.9. The Morgan fingerprint density at radius 3 is 0.474 bits per heavy atom. The van der Waals surface area contributed by atoms with E-state index in [9.17, 15) is 0 Å². The zero-order chi connectivity index (χ0) is 27.5. The van der Waals surface area contributed by atoms with Gasteiger partial charge in [-0.05, 0) is 94.7 Å². The number of terminal acetylenes is 1. The van der Waals surface area contributed by atoms with E-state index in [1.807, 2.05) is 5.92 Å². The smallest absolute Gasteiger partial charge is 0 e. The fraction of sp³-hybridized carbons (Fsp3) is 0. The Hall–Kier alpha value is -8.36. The Kier molecular flexibility index (Phi) is 22.3. The lowest BCUT2D eigenvalue weighted by Gasteiger charge is -1.63. The molecule has 0 nitrogen and oxygen atoms in total. The van der Waals surface area contributed by atoms with E-state index in [4.69, 9.17) is 12.8 Å². The van der Waals surface area contributed by atoms with Crippen LogP contribution in [0.5, 0.6) is 0 Å². The van der Waals surface area contributed by atoms with Gasteiger partial charge in [0.25, 0.3) is 0 Å². The van der Waals surface area contributed by atoms with Crippen molar-refractivity contribution < 1.29 is 0 Å². The van der Waals surface area contributed by atoms with Gasteiger partial charge in [0, 0.05) is 101 Å². The van der Waals surface area contributed by atoms with Gasteiger partial charge < -0.3 is 6.42 Å². The van der Waals surface area contributed by atoms with E-state index < -0.39 is 0 Å². The van der Waals surface area contributed by atoms with E-state index in [-0.39, 0.29) is 0 Å². The third-order valence-electron chi connectivity index (χ3n) is 2.20. The van der Waals surface area contributed by atoms with Crippen molar-refractivity contribution in [2.24, 2.45) is 0 Å². The highest BCUT2D eigenvalue weighted by atomic mass is 13.6. The normalized spacial score (nSPS) is 3.84. The van der Waals surface area contributed by atoms with Crippen molar-refractivity contribution in [1.29, 1.82) is 0 Å². The minimum atomic E-state index is 1.87. The highest BCUT2D eigenvalue weighted by Gasteiger charge is 1.60. The summed E-state index contributed by atoms with van der Waals surface area (Å²) in [5.74, 6) is 87.5. The summed E-state index contributed by atoms with van der Waals surface area (Å²) in [4.78, 5) is 0. The molecule has 0 saturated carbocycles. The maximum Gasteiger partial charge on any atom is 0 e. The van der Waals surface area contributed by atoms with Gasteiger partial charge >= 0.3 is 0 Å². The molecule has 0 saturated heterocycles. The van der Waals surface area contributed by atoms with Crippen molar-refractivity contribution in [1.82, 2.24) is 0 Å². The number of rotatable bonds is 0. The van der Waals surface area contributed by atoms with Crippen LogP contribution in [0.4, 0.5) is 0 Å². The molecule has 0 aliphatic carbocycles. The van der Waals surface area contributed by atoms with E-state index >= 15 is 0 Å². The van der Waals surface area contributed by atoms with E-state index in [2.05, 4.69) is 207 Å². The van der Waals surface area contributed by atoms with Crippen LogP contribution in [0.1, 0.15) is 0 Å². The summed E-state index contributed by atoms with van der Waals surface area (Å²) in [7, 11) is 0. The lowest BCUT2D eigenvalue weighted by atomic mass is 10.4. The lowest BCUT2D eigenvalue weighted by Crippen LogP contribution is -1.57. The second-order valence-corrected chi connectivity index (χ2v) is 4.52. The summed E-state index contributed by atoms with van der Waals surface area (Å²) in [6.07, 6.45) is 11.5. The van der Waals surface area contributed by atoms with Crippen LogP contribution in [0, 0.1) is 226 Å². The predicted molar refractivity (Wildman–Crippen MR) is 148 cm³/mol. The third kappa shape index (κ3) is 27.6. The van der Waals surface area contributed by atoms with Gasteiger partial charge in [-0.3, -0.25) is 5.92 Å². The molecule has 0 heteroatoms. The Labute approximate surface area is 225 Å². The van der Waals surface area contributed by atoms with Crippen molar-refractivity contribution in [3.05, 3.63) is 6.42 Å². The quantitative estimate of drug-likeness (QED) is 0.362. The molecule has 0 N–H and O–H groups in total. The first-order valence-corrected chi connectivity index (χ1v) is 9.29. The molecule has 0 aliphatic heterocycles. The average Bonchev–Trinajstić information content (AvgIpc) is 2.93. The molecule has 38 heavy (non-hydrogen) atoms. The van der Waals surface area contributed by atoms with Crippen LogP contribution in [0.15, 0.2) is 0 Å². The van der Waals surface area contributed by atoms with Crippen molar-refractivity contribution in [2.45, 2.75) is 0 Å². The van der Waals surface area contributed by atoms with Crippen LogP contribution in [0.25, 0.3) is 0 Å². The Bertz CT molecular complexity index is 2010. The lowest BCUT2D eigenvalue weighted by molar-refractivity contribution is 2.32. The SMILES string of the molecule is [C-]#CC#CC#CC#CC#CC#CC#CC#CC#CC#CC#CC#CC#CC#CC#CC#CC#CC#CC#C. The minimum absolute atomic E-state index is 1.87. The molecule has 0 atom stereocenters. The van der Waals surface area contributed by atoms with E-state index in [1.165, 1.54) is 0 Å². The zero-order valence-electron chi connectivity index (χ0n) is 19.1. The molecule has 0 spiro atoms. The molecule has 0 bridgehead atoms. The Morgan fingerprint density at radius 2 is 0.342 bits per heavy atom. The molecule has 0 aromatic carbocycles. The first kappa shape index (κ1) is 29.6. The van der Waals surface area contributed by atoms with Gasteiger partial charge in [0.1, 0.15) is 0 Å². The summed E-state index contributed by atoms with van der Waals surface area (Å²) >= 11 is 0. The third-order valence-corrected chi connectivity index (χ3v) is 2.20. The van der Waals surface area contributed by atoms with Crippen LogP contribution in [0.2, 0.25) is 0 Å². The summed E-state index contributed by atoms with van der Waals surface area (Å²) in [5, 5.41) is 0. The molecule has 0 rings (SSSR count). The maximum atomic E-state index is 6.55. The monoisotopic (exact) mass is 457 g/mol. The molecule has 0 fully saturated rings. The summed E-state index contributed by atoms with van der Waals surface area (Å²) in [5.41, 5.74) is 0. The number of hydrogen-bond donors (Lipinski definition) is 0. The van der Waals surface area contributed by atoms with E-state index in [1.54, 1.807) is 0 Å². The molecule has 0 amide bonds. The van der Waals surface area contributed by atoms with Crippen LogP contribution < -0.4 is 0 Å². The molecular formula is C38H-. The van der Waals surface area contributed by atoms with Crippen molar-refractivity contribution in [3.8, 4) is 220 Å². The van der Waals surface area contributed by atoms with Crippen LogP contribution >= 0.6 is 0 Å². The molecule has 0 heterocycles. The molecule has 0 aromatic heterocycles. The zero-order valence-corrected chi connectivity index (χ0v) is 19.1. The topological polar surface area (TPSA) is 0 Å². The summed E-state index contributed by atoms with van der Waals surface area (Å²) < 4.78 is 0. The van der Waals surface area contributed by atoms with Gasteiger partial charge in [0.05, 0.1) is 0 Å². The highest BCUT2D eigenvalue weighted by molar-refractivity contribution is 5.49. The molecule has 0 aliphatic rings. The molecular weight excluding hydrogens is 456 g/mol. The first-order valence-electron chi connectivity index (χ1n) is 9.29. The highest BCUT2D eigenvalue weighted by Crippen LogP contribution is 1.60. The van der Waals surface area contributed by atoms with Crippen LogP contribution in [-0.2, 0) is 0 Å². The van der Waals surface area contributed by atoms with Gasteiger partial charge in [-0.15, -0.1) is 12.3 Å². The Balaban J connectivity index is 4.51. The van der Waals surface area contributed by atoms with Crippen molar-refractivity contribution >= 4 is 0 Å². The Morgan fingerprint density at radius 1 is 0.211 bits per heavy atom. The fourth-order valence-electron chi connectivity index (χ4n) is 1.07. The van der Waals surface area contributed by atoms with E-state index in [0.717, 1.165) is 0 Å². The van der Waals surface area contributed by atoms with Crippen LogP contribution in [0.3, 0.4) is 0 Å². The van der Waals surface area contributed by atoms with Gasteiger partial charge in [-0.1, -0.05) is 0 Å². The van der Waals surface area contributed by atoms with Crippen molar-refractivity contribution in [3.63, 3.8) is 0 Å². The van der Waals surface area contributed by atoms with Gasteiger partial charge in [0.2, 0.25) is 0 Å². The maximum absolute atomic E-state index is 6.55. The van der Waals surface area contributed by atoms with Gasteiger partial charge in [-0.2, -0.15) is 0 Å². The minimum Gasteiger partial charge on any atom is -0.358 e. The second-order valence-electron chi connectivity index (χ2n) is 4.52. The molecule has 0 radical (unpaired) electrons. The van der Waals surface area contributed by atoms with Gasteiger partial charge in [0.15, 0.2) is 0 Å². The standard InChI is InChI=1S/C38H/c1-3-5-7-9-11-13-15-17-19-21-23-25-27-29-31-33-35-37-38-36-34-32-30-28-26-24-22-20-18-16-14-12-10-8-6-4-2/h1H/q-1. The average molecular weight is 457 g/mol. The van der Waals surface area contributed by atoms with Crippen LogP contribution in [-0.4, -0.2) is 0 Å². The summed E-state index contributed by atoms with van der Waals surface area (Å²) in [6.45, 7) is 0. The van der Waals surface area contributed by atoms with Crippen molar-refractivity contribution in [2.75, 3.05) is 0 Å². The molecule has 0 unspecified atom stereocenters. The summed E-state index contributed by atoms with van der Waals surface area (Å²) in [6, 6.07) is 0.